The van der Waals surface area contributed by atoms with Crippen LogP contribution < -0.4 is 5.32 Å². The van der Waals surface area contributed by atoms with Crippen LogP contribution in [0.2, 0.25) is 0 Å². The molecule has 1 heterocycles. The van der Waals surface area contributed by atoms with E-state index >= 15 is 0 Å². The second-order valence-corrected chi connectivity index (χ2v) is 5.53. The molecule has 0 aliphatic rings. The normalized spacial score (nSPS) is 10.3. The molecular formula is C11H13N3S2. The Morgan fingerprint density at radius 3 is 2.81 bits per heavy atom. The number of para-hydroxylation sites is 1. The van der Waals surface area contributed by atoms with E-state index in [0.29, 0.717) is 0 Å². The largest absolute Gasteiger partial charge is 0.330 e. The molecule has 1 aromatic carbocycles. The molecule has 0 aliphatic carbocycles. The molecule has 0 fully saturated rings. The van der Waals surface area contributed by atoms with Gasteiger partial charge < -0.3 is 5.32 Å². The fraction of sp³-hybridized carbons (Fsp3) is 0.273. The quantitative estimate of drug-likeness (QED) is 0.821. The molecule has 16 heavy (non-hydrogen) atoms. The molecule has 0 radical (unpaired) electrons. The van der Waals surface area contributed by atoms with Gasteiger partial charge in [-0.05, 0) is 18.6 Å². The number of nitrogens with zero attached hydrogens (tertiary/aromatic N) is 2. The Balaban J connectivity index is 1.97. The van der Waals surface area contributed by atoms with E-state index in [4.69, 9.17) is 0 Å². The van der Waals surface area contributed by atoms with Gasteiger partial charge in [0.1, 0.15) is 0 Å². The number of nitrogens with one attached hydrogen (secondary N) is 1. The average Bonchev–Trinajstić information content (AvgIpc) is 2.75. The van der Waals surface area contributed by atoms with Gasteiger partial charge in [0, 0.05) is 11.4 Å². The van der Waals surface area contributed by atoms with Crippen LogP contribution in [0.15, 0.2) is 34.7 Å². The maximum atomic E-state index is 4.12. The molecule has 0 aliphatic heterocycles. The maximum Gasteiger partial charge on any atom is 0.210 e. The highest BCUT2D eigenvalue weighted by molar-refractivity contribution is 8.01. The monoisotopic (exact) mass is 251 g/mol. The number of hydrogen-bond acceptors (Lipinski definition) is 5. The van der Waals surface area contributed by atoms with Gasteiger partial charge in [-0.1, -0.05) is 48.2 Å². The summed E-state index contributed by atoms with van der Waals surface area (Å²) in [5.74, 6) is 1.10. The van der Waals surface area contributed by atoms with E-state index in [0.717, 1.165) is 27.3 Å². The molecular weight excluding hydrogens is 238 g/mol. The highest BCUT2D eigenvalue weighted by atomic mass is 32.2. The van der Waals surface area contributed by atoms with Crippen molar-refractivity contribution < 1.29 is 0 Å². The van der Waals surface area contributed by atoms with Crippen LogP contribution in [0.5, 0.6) is 0 Å². The van der Waals surface area contributed by atoms with Gasteiger partial charge >= 0.3 is 0 Å². The second-order valence-electron chi connectivity index (χ2n) is 3.21. The Hall–Kier alpha value is -1.07. The smallest absolute Gasteiger partial charge is 0.210 e. The molecule has 1 aromatic heterocycles. The van der Waals surface area contributed by atoms with Gasteiger partial charge in [-0.2, -0.15) is 0 Å². The number of thioether (sulfide) groups is 1. The zero-order valence-electron chi connectivity index (χ0n) is 9.01. The number of benzene rings is 1. The SMILES string of the molecule is CCCSc1nnc(Nc2ccccc2)s1. The summed E-state index contributed by atoms with van der Waals surface area (Å²) >= 11 is 3.35. The van der Waals surface area contributed by atoms with Crippen LogP contribution in [0.1, 0.15) is 13.3 Å². The fourth-order valence-electron chi connectivity index (χ4n) is 1.15. The van der Waals surface area contributed by atoms with Crippen molar-refractivity contribution in [2.24, 2.45) is 0 Å². The molecule has 0 unspecified atom stereocenters. The van der Waals surface area contributed by atoms with Crippen molar-refractivity contribution in [1.82, 2.24) is 10.2 Å². The molecule has 0 atom stereocenters. The summed E-state index contributed by atoms with van der Waals surface area (Å²) in [5, 5.41) is 12.3. The van der Waals surface area contributed by atoms with Crippen molar-refractivity contribution in [2.45, 2.75) is 17.7 Å². The van der Waals surface area contributed by atoms with Gasteiger partial charge in [0.05, 0.1) is 0 Å². The minimum absolute atomic E-state index is 0.852. The summed E-state index contributed by atoms with van der Waals surface area (Å²) in [5.41, 5.74) is 1.05. The summed E-state index contributed by atoms with van der Waals surface area (Å²) in [6, 6.07) is 10.0. The summed E-state index contributed by atoms with van der Waals surface area (Å²) in [4.78, 5) is 0. The molecule has 5 heteroatoms. The standard InChI is InChI=1S/C11H13N3S2/c1-2-8-15-11-14-13-10(16-11)12-9-6-4-3-5-7-9/h3-7H,2,8H2,1H3,(H,12,13). The Morgan fingerprint density at radius 1 is 1.25 bits per heavy atom. The molecule has 0 spiro atoms. The lowest BCUT2D eigenvalue weighted by molar-refractivity contribution is 1.01. The van der Waals surface area contributed by atoms with Gasteiger partial charge in [-0.3, -0.25) is 0 Å². The van der Waals surface area contributed by atoms with Crippen LogP contribution in [-0.2, 0) is 0 Å². The van der Waals surface area contributed by atoms with E-state index in [1.54, 1.807) is 23.1 Å². The maximum absolute atomic E-state index is 4.12. The van der Waals surface area contributed by atoms with Crippen molar-refractivity contribution >= 4 is 33.9 Å². The van der Waals surface area contributed by atoms with Gasteiger partial charge in [0.2, 0.25) is 5.13 Å². The van der Waals surface area contributed by atoms with Crippen LogP contribution in [0.3, 0.4) is 0 Å². The first kappa shape index (κ1) is 11.4. The van der Waals surface area contributed by atoms with Gasteiger partial charge in [-0.15, -0.1) is 10.2 Å². The topological polar surface area (TPSA) is 37.8 Å². The number of anilines is 2. The van der Waals surface area contributed by atoms with Crippen molar-refractivity contribution in [3.63, 3.8) is 0 Å². The number of aromatic nitrogens is 2. The Bertz CT molecular complexity index is 428. The van der Waals surface area contributed by atoms with E-state index in [2.05, 4.69) is 22.4 Å². The zero-order chi connectivity index (χ0) is 11.2. The summed E-state index contributed by atoms with van der Waals surface area (Å²) in [7, 11) is 0. The molecule has 84 valence electrons. The molecule has 2 rings (SSSR count). The van der Waals surface area contributed by atoms with Crippen molar-refractivity contribution in [1.29, 1.82) is 0 Å². The predicted octanol–water partition coefficient (Wildman–Crippen LogP) is 3.78. The van der Waals surface area contributed by atoms with Gasteiger partial charge in [0.15, 0.2) is 4.34 Å². The Labute approximate surface area is 103 Å². The highest BCUT2D eigenvalue weighted by Crippen LogP contribution is 2.27. The average molecular weight is 251 g/mol. The van der Waals surface area contributed by atoms with Crippen molar-refractivity contribution in [2.75, 3.05) is 11.1 Å². The summed E-state index contributed by atoms with van der Waals surface area (Å²) < 4.78 is 1.03. The highest BCUT2D eigenvalue weighted by Gasteiger charge is 2.03. The molecule has 0 saturated carbocycles. The van der Waals surface area contributed by atoms with Crippen LogP contribution in [0.25, 0.3) is 0 Å². The van der Waals surface area contributed by atoms with Crippen LogP contribution in [0, 0.1) is 0 Å². The van der Waals surface area contributed by atoms with E-state index in [-0.39, 0.29) is 0 Å². The third-order valence-electron chi connectivity index (χ3n) is 1.86. The lowest BCUT2D eigenvalue weighted by Crippen LogP contribution is -1.87. The number of hydrogen-bond donors (Lipinski definition) is 1. The van der Waals surface area contributed by atoms with Crippen molar-refractivity contribution in [3.8, 4) is 0 Å². The molecule has 3 nitrogen and oxygen atoms in total. The first-order valence-electron chi connectivity index (χ1n) is 5.17. The van der Waals surface area contributed by atoms with Gasteiger partial charge in [-0.25, -0.2) is 0 Å². The second kappa shape index (κ2) is 5.86. The third-order valence-corrected chi connectivity index (χ3v) is 4.04. The summed E-state index contributed by atoms with van der Waals surface area (Å²) in [6.07, 6.45) is 1.16. The third kappa shape index (κ3) is 3.21. The van der Waals surface area contributed by atoms with Crippen molar-refractivity contribution in [3.05, 3.63) is 30.3 Å². The predicted molar refractivity (Wildman–Crippen MR) is 70.6 cm³/mol. The Morgan fingerprint density at radius 2 is 2.06 bits per heavy atom. The molecule has 0 bridgehead atoms. The first-order chi connectivity index (χ1) is 7.88. The minimum atomic E-state index is 0.852. The first-order valence-corrected chi connectivity index (χ1v) is 6.97. The zero-order valence-corrected chi connectivity index (χ0v) is 10.6. The number of rotatable bonds is 5. The van der Waals surface area contributed by atoms with Crippen LogP contribution in [0.4, 0.5) is 10.8 Å². The van der Waals surface area contributed by atoms with Crippen LogP contribution in [-0.4, -0.2) is 16.0 Å². The lowest BCUT2D eigenvalue weighted by atomic mass is 10.3. The van der Waals surface area contributed by atoms with Crippen LogP contribution >= 0.6 is 23.1 Å². The minimum Gasteiger partial charge on any atom is -0.330 e. The van der Waals surface area contributed by atoms with E-state index in [9.17, 15) is 0 Å². The van der Waals surface area contributed by atoms with E-state index in [1.165, 1.54) is 0 Å². The van der Waals surface area contributed by atoms with E-state index in [1.807, 2.05) is 30.3 Å². The van der Waals surface area contributed by atoms with E-state index < -0.39 is 0 Å². The Kier molecular flexibility index (Phi) is 4.18. The molecule has 0 amide bonds. The summed E-state index contributed by atoms with van der Waals surface area (Å²) in [6.45, 7) is 2.16. The lowest BCUT2D eigenvalue weighted by Gasteiger charge is -1.99. The fourth-order valence-corrected chi connectivity index (χ4v) is 2.85. The van der Waals surface area contributed by atoms with Gasteiger partial charge in [0.25, 0.3) is 0 Å². The molecule has 2 aromatic rings. The molecule has 1 N–H and O–H groups in total. The molecule has 0 saturated heterocycles.